The second-order valence-electron chi connectivity index (χ2n) is 7.36. The molecule has 9 nitrogen and oxygen atoms in total. The van der Waals surface area contributed by atoms with Crippen LogP contribution in [0.3, 0.4) is 0 Å². The van der Waals surface area contributed by atoms with Gasteiger partial charge < -0.3 is 14.6 Å². The quantitative estimate of drug-likeness (QED) is 0.601. The number of hydrogen-bond acceptors (Lipinski definition) is 7. The van der Waals surface area contributed by atoms with Gasteiger partial charge in [0.05, 0.1) is 24.6 Å². The summed E-state index contributed by atoms with van der Waals surface area (Å²) in [6, 6.07) is 9.17. The number of benzene rings is 1. The Bertz CT molecular complexity index is 1220. The lowest BCUT2D eigenvalue weighted by molar-refractivity contribution is -0.149. The van der Waals surface area contributed by atoms with Crippen LogP contribution in [0.15, 0.2) is 39.9 Å². The van der Waals surface area contributed by atoms with Crippen molar-refractivity contribution in [1.29, 1.82) is 0 Å². The van der Waals surface area contributed by atoms with Gasteiger partial charge in [-0.3, -0.25) is 19.0 Å². The molecule has 1 aliphatic heterocycles. The van der Waals surface area contributed by atoms with E-state index in [4.69, 9.17) is 4.74 Å². The van der Waals surface area contributed by atoms with E-state index in [9.17, 15) is 19.2 Å². The summed E-state index contributed by atoms with van der Waals surface area (Å²) in [6.45, 7) is 3.02. The molecule has 0 saturated carbocycles. The Morgan fingerprint density at radius 1 is 1.19 bits per heavy atom. The summed E-state index contributed by atoms with van der Waals surface area (Å²) in [5.41, 5.74) is -0.0619. The topological polar surface area (TPSA) is 114 Å². The molecule has 10 heteroatoms. The Hall–Kier alpha value is -3.27. The minimum Gasteiger partial charge on any atom is -0.466 e. The number of aromatic amines is 1. The van der Waals surface area contributed by atoms with Crippen LogP contribution < -0.4 is 11.2 Å². The van der Waals surface area contributed by atoms with Crippen molar-refractivity contribution in [2.24, 2.45) is 5.92 Å². The van der Waals surface area contributed by atoms with Crippen LogP contribution in [0.4, 0.5) is 0 Å². The number of H-pyrrole nitrogens is 1. The molecule has 3 heterocycles. The maximum absolute atomic E-state index is 13.0. The summed E-state index contributed by atoms with van der Waals surface area (Å²) >= 11 is 0.901. The Balaban J connectivity index is 1.57. The number of likely N-dealkylation sites (tertiary alicyclic amines) is 1. The number of nitrogens with one attached hydrogen (secondary N) is 1. The van der Waals surface area contributed by atoms with Gasteiger partial charge in [-0.25, -0.2) is 4.79 Å². The molecule has 0 aliphatic carbocycles. The Morgan fingerprint density at radius 3 is 2.58 bits per heavy atom. The second-order valence-corrected chi connectivity index (χ2v) is 8.13. The number of nitrogens with zero attached hydrogens (tertiary/aromatic N) is 3. The van der Waals surface area contributed by atoms with E-state index in [1.807, 2.05) is 30.3 Å². The van der Waals surface area contributed by atoms with E-state index < -0.39 is 11.2 Å². The first-order valence-electron chi connectivity index (χ1n) is 10.1. The number of fused-ring (bicyclic) bond motifs is 1. The molecule has 0 radical (unpaired) electrons. The first-order chi connectivity index (χ1) is 15.0. The van der Waals surface area contributed by atoms with E-state index in [1.54, 1.807) is 11.8 Å². The monoisotopic (exact) mass is 442 g/mol. The number of piperidine rings is 1. The van der Waals surface area contributed by atoms with Crippen LogP contribution in [0.25, 0.3) is 11.0 Å². The summed E-state index contributed by atoms with van der Waals surface area (Å²) in [4.78, 5) is 54.9. The zero-order chi connectivity index (χ0) is 22.0. The van der Waals surface area contributed by atoms with Crippen LogP contribution in [0.2, 0.25) is 0 Å². The molecule has 0 spiro atoms. The number of aromatic nitrogens is 3. The van der Waals surface area contributed by atoms with E-state index in [1.165, 1.54) is 0 Å². The lowest BCUT2D eigenvalue weighted by Crippen LogP contribution is -2.40. The van der Waals surface area contributed by atoms with Gasteiger partial charge in [-0.15, -0.1) is 0 Å². The van der Waals surface area contributed by atoms with Crippen molar-refractivity contribution in [2.75, 3.05) is 19.7 Å². The highest BCUT2D eigenvalue weighted by molar-refractivity contribution is 7.09. The molecule has 4 rings (SSSR count). The largest absolute Gasteiger partial charge is 0.466 e. The van der Waals surface area contributed by atoms with Gasteiger partial charge in [-0.1, -0.05) is 30.3 Å². The van der Waals surface area contributed by atoms with Crippen molar-refractivity contribution in [3.8, 4) is 0 Å². The van der Waals surface area contributed by atoms with Gasteiger partial charge in [0.2, 0.25) is 0 Å². The fourth-order valence-corrected chi connectivity index (χ4v) is 4.52. The molecule has 1 N–H and O–H groups in total. The third kappa shape index (κ3) is 4.15. The zero-order valence-corrected chi connectivity index (χ0v) is 17.8. The molecule has 1 saturated heterocycles. The van der Waals surface area contributed by atoms with Gasteiger partial charge in [0.1, 0.15) is 4.88 Å². The van der Waals surface area contributed by atoms with Crippen molar-refractivity contribution >= 4 is 34.4 Å². The molecule has 2 aromatic heterocycles. The molecule has 1 fully saturated rings. The minimum atomic E-state index is -0.586. The fourth-order valence-electron chi connectivity index (χ4n) is 3.72. The standard InChI is InChI=1S/C21H22N4O5S/c1-2-30-20(28)14-8-10-24(11-9-14)19(27)17-15-16(23-31-17)18(26)25(21(29)22-15)12-13-6-4-3-5-7-13/h3-7,14H,2,8-12H2,1H3,(H,22,29). The first-order valence-corrected chi connectivity index (χ1v) is 10.9. The van der Waals surface area contributed by atoms with E-state index in [-0.39, 0.29) is 40.2 Å². The molecule has 3 aromatic rings. The van der Waals surface area contributed by atoms with E-state index >= 15 is 0 Å². The zero-order valence-electron chi connectivity index (χ0n) is 17.0. The molecule has 0 atom stereocenters. The average Bonchev–Trinajstić information content (AvgIpc) is 3.21. The number of carbonyl (C=O) groups excluding carboxylic acids is 2. The number of hydrogen-bond donors (Lipinski definition) is 1. The van der Waals surface area contributed by atoms with Crippen molar-refractivity contribution in [2.45, 2.75) is 26.3 Å². The van der Waals surface area contributed by atoms with Crippen LogP contribution in [-0.4, -0.2) is 50.4 Å². The van der Waals surface area contributed by atoms with Crippen LogP contribution in [0.5, 0.6) is 0 Å². The van der Waals surface area contributed by atoms with Crippen LogP contribution >= 0.6 is 11.5 Å². The Kier molecular flexibility index (Phi) is 5.99. The SMILES string of the molecule is CCOC(=O)C1CCN(C(=O)c2snc3c(=O)n(Cc4ccccc4)c(=O)[nH]c23)CC1. The van der Waals surface area contributed by atoms with Gasteiger partial charge in [0.15, 0.2) is 5.52 Å². The second kappa shape index (κ2) is 8.84. The number of esters is 1. The molecule has 0 bridgehead atoms. The number of amides is 1. The molecule has 1 amide bonds. The molecular weight excluding hydrogens is 420 g/mol. The molecule has 1 aromatic carbocycles. The van der Waals surface area contributed by atoms with Gasteiger partial charge in [0, 0.05) is 13.1 Å². The summed E-state index contributed by atoms with van der Waals surface area (Å²) in [5.74, 6) is -0.751. The van der Waals surface area contributed by atoms with Crippen LogP contribution in [0, 0.1) is 5.92 Å². The lowest BCUT2D eigenvalue weighted by atomic mass is 9.97. The predicted octanol–water partition coefficient (Wildman–Crippen LogP) is 1.61. The van der Waals surface area contributed by atoms with Gasteiger partial charge in [-0.05, 0) is 36.9 Å². The summed E-state index contributed by atoms with van der Waals surface area (Å²) in [5, 5.41) is 0. The maximum Gasteiger partial charge on any atom is 0.329 e. The van der Waals surface area contributed by atoms with Crippen molar-refractivity contribution < 1.29 is 14.3 Å². The molecule has 162 valence electrons. The number of ether oxygens (including phenoxy) is 1. The molecular formula is C21H22N4O5S. The minimum absolute atomic E-state index is 0.0743. The van der Waals surface area contributed by atoms with Crippen molar-refractivity contribution in [3.05, 3.63) is 61.6 Å². The highest BCUT2D eigenvalue weighted by atomic mass is 32.1. The molecule has 31 heavy (non-hydrogen) atoms. The normalized spacial score (nSPS) is 14.7. The van der Waals surface area contributed by atoms with Crippen LogP contribution in [-0.2, 0) is 16.1 Å². The van der Waals surface area contributed by atoms with Crippen molar-refractivity contribution in [3.63, 3.8) is 0 Å². The summed E-state index contributed by atoms with van der Waals surface area (Å²) < 4.78 is 10.3. The van der Waals surface area contributed by atoms with Gasteiger partial charge in [-0.2, -0.15) is 4.37 Å². The number of rotatable bonds is 5. The summed E-state index contributed by atoms with van der Waals surface area (Å²) in [6.07, 6.45) is 1.03. The lowest BCUT2D eigenvalue weighted by Gasteiger charge is -2.30. The molecule has 1 aliphatic rings. The highest BCUT2D eigenvalue weighted by Crippen LogP contribution is 2.24. The van der Waals surface area contributed by atoms with Crippen molar-refractivity contribution in [1.82, 2.24) is 18.8 Å². The average molecular weight is 442 g/mol. The maximum atomic E-state index is 13.0. The van der Waals surface area contributed by atoms with E-state index in [0.29, 0.717) is 32.5 Å². The third-order valence-corrected chi connectivity index (χ3v) is 6.23. The summed E-state index contributed by atoms with van der Waals surface area (Å²) in [7, 11) is 0. The first kappa shape index (κ1) is 21.0. The van der Waals surface area contributed by atoms with Gasteiger partial charge in [0.25, 0.3) is 11.5 Å². The van der Waals surface area contributed by atoms with Crippen LogP contribution in [0.1, 0.15) is 35.0 Å². The van der Waals surface area contributed by atoms with E-state index in [0.717, 1.165) is 21.7 Å². The molecule has 0 unspecified atom stereocenters. The number of carbonyl (C=O) groups is 2. The predicted molar refractivity (Wildman–Crippen MR) is 115 cm³/mol. The fraction of sp³-hybridized carbons (Fsp3) is 0.381. The van der Waals surface area contributed by atoms with Gasteiger partial charge >= 0.3 is 11.7 Å². The Morgan fingerprint density at radius 2 is 1.90 bits per heavy atom. The van der Waals surface area contributed by atoms with E-state index in [2.05, 4.69) is 9.36 Å². The third-order valence-electron chi connectivity index (χ3n) is 5.40. The Labute approximate surface area is 181 Å². The smallest absolute Gasteiger partial charge is 0.329 e. The highest BCUT2D eigenvalue weighted by Gasteiger charge is 2.30.